The van der Waals surface area contributed by atoms with Gasteiger partial charge >= 0.3 is 5.76 Å². The van der Waals surface area contributed by atoms with Gasteiger partial charge in [0.1, 0.15) is 5.82 Å². The maximum absolute atomic E-state index is 12.8. The number of ketones is 1. The van der Waals surface area contributed by atoms with Gasteiger partial charge in [-0.1, -0.05) is 11.6 Å². The topological polar surface area (TPSA) is 52.2 Å². The fourth-order valence-electron chi connectivity index (χ4n) is 2.06. The van der Waals surface area contributed by atoms with E-state index >= 15 is 0 Å². The average molecular weight is 306 g/mol. The monoisotopic (exact) mass is 305 g/mol. The van der Waals surface area contributed by atoms with Crippen molar-refractivity contribution in [1.82, 2.24) is 4.57 Å². The second-order valence-corrected chi connectivity index (χ2v) is 4.93. The zero-order chi connectivity index (χ0) is 15.0. The minimum Gasteiger partial charge on any atom is -0.408 e. The highest BCUT2D eigenvalue weighted by Crippen LogP contribution is 2.18. The van der Waals surface area contributed by atoms with Gasteiger partial charge in [-0.05, 0) is 42.5 Å². The third-order valence-corrected chi connectivity index (χ3v) is 3.33. The SMILES string of the molecule is O=C(Cn1c(=O)oc2ccc(Cl)cc21)c1ccc(F)cc1. The Labute approximate surface area is 123 Å². The summed E-state index contributed by atoms with van der Waals surface area (Å²) in [4.78, 5) is 24.0. The van der Waals surface area contributed by atoms with Crippen LogP contribution >= 0.6 is 11.6 Å². The fourth-order valence-corrected chi connectivity index (χ4v) is 2.22. The van der Waals surface area contributed by atoms with Crippen molar-refractivity contribution in [3.63, 3.8) is 0 Å². The van der Waals surface area contributed by atoms with Gasteiger partial charge in [0, 0.05) is 10.6 Å². The predicted molar refractivity (Wildman–Crippen MR) is 76.2 cm³/mol. The first-order chi connectivity index (χ1) is 10.0. The lowest BCUT2D eigenvalue weighted by Crippen LogP contribution is -2.20. The van der Waals surface area contributed by atoms with Crippen LogP contribution in [-0.4, -0.2) is 10.4 Å². The van der Waals surface area contributed by atoms with E-state index in [1.54, 1.807) is 18.2 Å². The van der Waals surface area contributed by atoms with Gasteiger partial charge in [0.05, 0.1) is 12.1 Å². The van der Waals surface area contributed by atoms with E-state index in [1.165, 1.54) is 28.8 Å². The number of hydrogen-bond acceptors (Lipinski definition) is 3. The van der Waals surface area contributed by atoms with Crippen molar-refractivity contribution in [1.29, 1.82) is 0 Å². The molecule has 0 fully saturated rings. The van der Waals surface area contributed by atoms with Crippen molar-refractivity contribution in [3.05, 3.63) is 69.4 Å². The molecule has 0 N–H and O–H groups in total. The van der Waals surface area contributed by atoms with Crippen molar-refractivity contribution in [2.45, 2.75) is 6.54 Å². The Morgan fingerprint density at radius 3 is 2.62 bits per heavy atom. The molecule has 0 aliphatic carbocycles. The standard InChI is InChI=1S/C15H9ClFNO3/c16-10-3-6-14-12(7-10)18(15(20)21-14)8-13(19)9-1-4-11(17)5-2-9/h1-7H,8H2. The van der Waals surface area contributed by atoms with Gasteiger partial charge in [0.2, 0.25) is 0 Å². The van der Waals surface area contributed by atoms with Crippen LogP contribution < -0.4 is 5.76 Å². The van der Waals surface area contributed by atoms with Gasteiger partial charge in [0.25, 0.3) is 0 Å². The summed E-state index contributed by atoms with van der Waals surface area (Å²) in [6.45, 7) is -0.197. The summed E-state index contributed by atoms with van der Waals surface area (Å²) in [6, 6.07) is 9.85. The largest absolute Gasteiger partial charge is 0.420 e. The van der Waals surface area contributed by atoms with E-state index in [1.807, 2.05) is 0 Å². The first kappa shape index (κ1) is 13.6. The molecule has 4 nitrogen and oxygen atoms in total. The Hall–Kier alpha value is -2.40. The quantitative estimate of drug-likeness (QED) is 0.698. The minimum atomic E-state index is -0.636. The van der Waals surface area contributed by atoms with Crippen LogP contribution in [0.3, 0.4) is 0 Å². The molecule has 0 radical (unpaired) electrons. The molecule has 0 aliphatic heterocycles. The third kappa shape index (κ3) is 2.60. The highest BCUT2D eigenvalue weighted by Gasteiger charge is 2.14. The number of carbonyl (C=O) groups is 1. The first-order valence-corrected chi connectivity index (χ1v) is 6.50. The Balaban J connectivity index is 1.99. The number of aromatic nitrogens is 1. The highest BCUT2D eigenvalue weighted by atomic mass is 35.5. The summed E-state index contributed by atoms with van der Waals surface area (Å²) >= 11 is 5.89. The van der Waals surface area contributed by atoms with Crippen LogP contribution in [0.4, 0.5) is 4.39 Å². The van der Waals surface area contributed by atoms with Crippen LogP contribution in [0.15, 0.2) is 51.7 Å². The zero-order valence-electron chi connectivity index (χ0n) is 10.7. The maximum atomic E-state index is 12.8. The number of benzene rings is 2. The number of oxazole rings is 1. The molecule has 0 saturated carbocycles. The fraction of sp³-hybridized carbons (Fsp3) is 0.0667. The molecule has 1 heterocycles. The summed E-state index contributed by atoms with van der Waals surface area (Å²) in [7, 11) is 0. The number of carbonyl (C=O) groups excluding carboxylic acids is 1. The molecule has 0 atom stereocenters. The molecule has 1 aromatic heterocycles. The molecule has 0 saturated heterocycles. The molecular weight excluding hydrogens is 297 g/mol. The molecule has 3 aromatic rings. The Morgan fingerprint density at radius 1 is 1.19 bits per heavy atom. The molecule has 0 amide bonds. The lowest BCUT2D eigenvalue weighted by molar-refractivity contribution is 0.0970. The molecule has 0 unspecified atom stereocenters. The molecule has 0 aliphatic rings. The minimum absolute atomic E-state index is 0.197. The Kier molecular flexibility index (Phi) is 3.35. The van der Waals surface area contributed by atoms with Gasteiger partial charge in [-0.3, -0.25) is 9.36 Å². The Morgan fingerprint density at radius 2 is 1.90 bits per heavy atom. The molecule has 2 aromatic carbocycles. The van der Waals surface area contributed by atoms with Crippen LogP contribution in [0.1, 0.15) is 10.4 Å². The highest BCUT2D eigenvalue weighted by molar-refractivity contribution is 6.31. The molecule has 106 valence electrons. The molecule has 3 rings (SSSR count). The van der Waals surface area contributed by atoms with Crippen LogP contribution in [0, 0.1) is 5.82 Å². The van der Waals surface area contributed by atoms with Gasteiger partial charge in [-0.25, -0.2) is 9.18 Å². The Bertz CT molecular complexity index is 880. The van der Waals surface area contributed by atoms with Gasteiger partial charge < -0.3 is 4.42 Å². The van der Waals surface area contributed by atoms with E-state index in [9.17, 15) is 14.0 Å². The van der Waals surface area contributed by atoms with E-state index in [-0.39, 0.29) is 12.3 Å². The van der Waals surface area contributed by atoms with E-state index in [4.69, 9.17) is 16.0 Å². The molecule has 0 bridgehead atoms. The summed E-state index contributed by atoms with van der Waals surface area (Å²) in [5.41, 5.74) is 1.12. The second-order valence-electron chi connectivity index (χ2n) is 4.50. The van der Waals surface area contributed by atoms with Gasteiger partial charge in [-0.15, -0.1) is 0 Å². The summed E-state index contributed by atoms with van der Waals surface area (Å²) < 4.78 is 19.1. The van der Waals surface area contributed by atoms with E-state index in [0.29, 0.717) is 21.7 Å². The van der Waals surface area contributed by atoms with Crippen molar-refractivity contribution in [3.8, 4) is 0 Å². The molecular formula is C15H9ClFNO3. The lowest BCUT2D eigenvalue weighted by Gasteiger charge is -2.02. The number of fused-ring (bicyclic) bond motifs is 1. The number of halogens is 2. The van der Waals surface area contributed by atoms with Crippen LogP contribution in [0.2, 0.25) is 5.02 Å². The average Bonchev–Trinajstić information content (AvgIpc) is 2.76. The number of hydrogen-bond donors (Lipinski definition) is 0. The predicted octanol–water partition coefficient (Wildman–Crippen LogP) is 3.27. The van der Waals surface area contributed by atoms with Gasteiger partial charge in [-0.2, -0.15) is 0 Å². The van der Waals surface area contributed by atoms with Crippen LogP contribution in [0.5, 0.6) is 0 Å². The van der Waals surface area contributed by atoms with Crippen molar-refractivity contribution in [2.24, 2.45) is 0 Å². The molecule has 0 spiro atoms. The summed E-state index contributed by atoms with van der Waals surface area (Å²) in [5, 5.41) is 0.436. The molecule has 6 heteroatoms. The first-order valence-electron chi connectivity index (χ1n) is 6.12. The summed E-state index contributed by atoms with van der Waals surface area (Å²) in [6.07, 6.45) is 0. The van der Waals surface area contributed by atoms with Crippen molar-refractivity contribution in [2.75, 3.05) is 0 Å². The number of rotatable bonds is 3. The normalized spacial score (nSPS) is 11.0. The zero-order valence-corrected chi connectivity index (χ0v) is 11.4. The second kappa shape index (κ2) is 5.18. The lowest BCUT2D eigenvalue weighted by atomic mass is 10.1. The number of nitrogens with zero attached hydrogens (tertiary/aromatic N) is 1. The third-order valence-electron chi connectivity index (χ3n) is 3.10. The van der Waals surface area contributed by atoms with Crippen LogP contribution in [-0.2, 0) is 6.54 Å². The van der Waals surface area contributed by atoms with Crippen molar-refractivity contribution >= 4 is 28.5 Å². The molecule has 21 heavy (non-hydrogen) atoms. The van der Waals surface area contributed by atoms with Crippen LogP contribution in [0.25, 0.3) is 11.1 Å². The number of Topliss-reactive ketones (excluding diaryl/α,β-unsaturated/α-hetero) is 1. The van der Waals surface area contributed by atoms with Crippen molar-refractivity contribution < 1.29 is 13.6 Å². The van der Waals surface area contributed by atoms with E-state index in [0.717, 1.165) is 0 Å². The smallest absolute Gasteiger partial charge is 0.408 e. The van der Waals surface area contributed by atoms with E-state index < -0.39 is 11.6 Å². The summed E-state index contributed by atoms with van der Waals surface area (Å²) in [5.74, 6) is -1.38. The van der Waals surface area contributed by atoms with E-state index in [2.05, 4.69) is 0 Å². The van der Waals surface area contributed by atoms with Gasteiger partial charge in [0.15, 0.2) is 11.4 Å². The maximum Gasteiger partial charge on any atom is 0.420 e.